The van der Waals surface area contributed by atoms with Crippen LogP contribution in [0.3, 0.4) is 0 Å². The molecule has 1 aromatic heterocycles. The van der Waals surface area contributed by atoms with Crippen molar-refractivity contribution in [3.05, 3.63) is 60.0 Å². The summed E-state index contributed by atoms with van der Waals surface area (Å²) >= 11 is 0. The molecule has 5 nitrogen and oxygen atoms in total. The molecular weight excluding hydrogens is 290 g/mol. The van der Waals surface area contributed by atoms with Gasteiger partial charge in [-0.1, -0.05) is 18.2 Å². The van der Waals surface area contributed by atoms with E-state index in [1.807, 2.05) is 62.4 Å². The zero-order chi connectivity index (χ0) is 16.1. The number of ether oxygens (including phenoxy) is 1. The van der Waals surface area contributed by atoms with Gasteiger partial charge < -0.3 is 14.5 Å². The third-order valence-electron chi connectivity index (χ3n) is 3.45. The van der Waals surface area contributed by atoms with E-state index in [-0.39, 0.29) is 0 Å². The molecule has 0 unspecified atom stereocenters. The van der Waals surface area contributed by atoms with E-state index >= 15 is 0 Å². The monoisotopic (exact) mass is 309 g/mol. The molecule has 0 aliphatic rings. The van der Waals surface area contributed by atoms with E-state index < -0.39 is 0 Å². The van der Waals surface area contributed by atoms with Gasteiger partial charge in [-0.05, 0) is 49.7 Å². The largest absolute Gasteiger partial charge is 0.494 e. The molecule has 3 aromatic rings. The zero-order valence-corrected chi connectivity index (χ0v) is 13.2. The van der Waals surface area contributed by atoms with Crippen LogP contribution in [0.4, 0.5) is 5.69 Å². The number of aromatic nitrogens is 2. The van der Waals surface area contributed by atoms with E-state index in [9.17, 15) is 0 Å². The summed E-state index contributed by atoms with van der Waals surface area (Å²) in [5, 5.41) is 11.5. The Bertz CT molecular complexity index is 766. The highest BCUT2D eigenvalue weighted by molar-refractivity contribution is 5.57. The minimum Gasteiger partial charge on any atom is -0.494 e. The maximum atomic E-state index is 5.73. The molecule has 0 saturated carbocycles. The summed E-state index contributed by atoms with van der Waals surface area (Å²) in [5.74, 6) is 1.96. The molecule has 0 radical (unpaired) electrons. The average Bonchev–Trinajstić information content (AvgIpc) is 3.04. The Morgan fingerprint density at radius 1 is 1.04 bits per heavy atom. The second-order valence-electron chi connectivity index (χ2n) is 5.13. The quantitative estimate of drug-likeness (QED) is 0.744. The lowest BCUT2D eigenvalue weighted by Crippen LogP contribution is -1.99. The van der Waals surface area contributed by atoms with Crippen LogP contribution in [0, 0.1) is 6.92 Å². The summed E-state index contributed by atoms with van der Waals surface area (Å²) < 4.78 is 11.1. The smallest absolute Gasteiger partial charge is 0.248 e. The van der Waals surface area contributed by atoms with E-state index in [4.69, 9.17) is 9.15 Å². The van der Waals surface area contributed by atoms with Crippen molar-refractivity contribution in [1.82, 2.24) is 10.2 Å². The Hall–Kier alpha value is -2.82. The van der Waals surface area contributed by atoms with Gasteiger partial charge in [0.2, 0.25) is 11.8 Å². The van der Waals surface area contributed by atoms with Gasteiger partial charge in [-0.2, -0.15) is 0 Å². The van der Waals surface area contributed by atoms with Gasteiger partial charge in [-0.15, -0.1) is 10.2 Å². The molecule has 1 N–H and O–H groups in total. The van der Waals surface area contributed by atoms with Gasteiger partial charge in [-0.25, -0.2) is 0 Å². The van der Waals surface area contributed by atoms with Crippen molar-refractivity contribution >= 4 is 5.69 Å². The first-order chi connectivity index (χ1) is 11.3. The Morgan fingerprint density at radius 2 is 1.83 bits per heavy atom. The summed E-state index contributed by atoms with van der Waals surface area (Å²) in [6, 6.07) is 15.7. The first-order valence-corrected chi connectivity index (χ1v) is 7.61. The fourth-order valence-corrected chi connectivity index (χ4v) is 2.26. The number of hydrogen-bond acceptors (Lipinski definition) is 5. The molecule has 0 saturated heterocycles. The van der Waals surface area contributed by atoms with E-state index in [0.29, 0.717) is 24.9 Å². The van der Waals surface area contributed by atoms with Crippen molar-refractivity contribution in [2.45, 2.75) is 20.4 Å². The van der Waals surface area contributed by atoms with Crippen molar-refractivity contribution in [2.75, 3.05) is 11.9 Å². The van der Waals surface area contributed by atoms with Crippen LogP contribution < -0.4 is 10.1 Å². The predicted octanol–water partition coefficient (Wildman–Crippen LogP) is 4.06. The number of anilines is 1. The van der Waals surface area contributed by atoms with Crippen LogP contribution in [0.2, 0.25) is 0 Å². The molecule has 3 rings (SSSR count). The lowest BCUT2D eigenvalue weighted by atomic mass is 10.1. The van der Waals surface area contributed by atoms with Gasteiger partial charge >= 0.3 is 0 Å². The Labute approximate surface area is 135 Å². The molecule has 0 bridgehead atoms. The van der Waals surface area contributed by atoms with Gasteiger partial charge in [0.15, 0.2) is 0 Å². The lowest BCUT2D eigenvalue weighted by Gasteiger charge is -2.06. The predicted molar refractivity (Wildman–Crippen MR) is 89.4 cm³/mol. The van der Waals surface area contributed by atoms with Crippen molar-refractivity contribution in [1.29, 1.82) is 0 Å². The van der Waals surface area contributed by atoms with Crippen LogP contribution in [0.1, 0.15) is 18.4 Å². The molecule has 118 valence electrons. The minimum atomic E-state index is 0.479. The van der Waals surface area contributed by atoms with Gasteiger partial charge in [0, 0.05) is 11.3 Å². The van der Waals surface area contributed by atoms with Crippen LogP contribution in [0.15, 0.2) is 52.9 Å². The lowest BCUT2D eigenvalue weighted by molar-refractivity contribution is 0.340. The van der Waals surface area contributed by atoms with Crippen LogP contribution in [-0.4, -0.2) is 16.8 Å². The second-order valence-corrected chi connectivity index (χ2v) is 5.13. The van der Waals surface area contributed by atoms with Gasteiger partial charge in [0.25, 0.3) is 0 Å². The molecule has 23 heavy (non-hydrogen) atoms. The maximum absolute atomic E-state index is 5.73. The third-order valence-corrected chi connectivity index (χ3v) is 3.45. The summed E-state index contributed by atoms with van der Waals surface area (Å²) in [5.41, 5.74) is 3.05. The Kier molecular flexibility index (Phi) is 4.57. The number of rotatable bonds is 6. The molecule has 5 heteroatoms. The number of benzene rings is 2. The highest BCUT2D eigenvalue weighted by Crippen LogP contribution is 2.22. The average molecular weight is 309 g/mol. The molecule has 2 aromatic carbocycles. The molecule has 0 atom stereocenters. The molecular formula is C18H19N3O2. The van der Waals surface area contributed by atoms with Gasteiger partial charge in [-0.3, -0.25) is 0 Å². The highest BCUT2D eigenvalue weighted by atomic mass is 16.5. The zero-order valence-electron chi connectivity index (χ0n) is 13.2. The van der Waals surface area contributed by atoms with Crippen molar-refractivity contribution in [3.8, 4) is 17.2 Å². The molecule has 0 aliphatic heterocycles. The van der Waals surface area contributed by atoms with E-state index in [0.717, 1.165) is 22.6 Å². The number of nitrogens with one attached hydrogen (secondary N) is 1. The van der Waals surface area contributed by atoms with E-state index in [1.165, 1.54) is 0 Å². The van der Waals surface area contributed by atoms with Gasteiger partial charge in [0.05, 0.1) is 13.2 Å². The first kappa shape index (κ1) is 15.1. The van der Waals surface area contributed by atoms with Crippen molar-refractivity contribution in [3.63, 3.8) is 0 Å². The van der Waals surface area contributed by atoms with E-state index in [2.05, 4.69) is 15.5 Å². The van der Waals surface area contributed by atoms with Crippen LogP contribution in [0.25, 0.3) is 11.5 Å². The molecule has 1 heterocycles. The van der Waals surface area contributed by atoms with Crippen LogP contribution in [0.5, 0.6) is 5.75 Å². The SMILES string of the molecule is CCOc1ccc(NCc2nnc(-c3ccccc3C)o2)cc1. The fraction of sp³-hybridized carbons (Fsp3) is 0.222. The van der Waals surface area contributed by atoms with E-state index in [1.54, 1.807) is 0 Å². The first-order valence-electron chi connectivity index (χ1n) is 7.61. The molecule has 0 spiro atoms. The maximum Gasteiger partial charge on any atom is 0.248 e. The normalized spacial score (nSPS) is 10.5. The number of nitrogens with zero attached hydrogens (tertiary/aromatic N) is 2. The Balaban J connectivity index is 1.64. The molecule has 0 amide bonds. The Morgan fingerprint density at radius 3 is 2.57 bits per heavy atom. The third kappa shape index (κ3) is 3.69. The number of hydrogen-bond donors (Lipinski definition) is 1. The molecule has 0 aliphatic carbocycles. The van der Waals surface area contributed by atoms with Crippen molar-refractivity contribution in [2.24, 2.45) is 0 Å². The minimum absolute atomic E-state index is 0.479. The summed E-state index contributed by atoms with van der Waals surface area (Å²) in [7, 11) is 0. The highest BCUT2D eigenvalue weighted by Gasteiger charge is 2.10. The van der Waals surface area contributed by atoms with Crippen molar-refractivity contribution < 1.29 is 9.15 Å². The van der Waals surface area contributed by atoms with Crippen LogP contribution >= 0.6 is 0 Å². The summed E-state index contributed by atoms with van der Waals surface area (Å²) in [4.78, 5) is 0. The van der Waals surface area contributed by atoms with Crippen LogP contribution in [-0.2, 0) is 6.54 Å². The summed E-state index contributed by atoms with van der Waals surface area (Å²) in [6.45, 7) is 5.13. The fourth-order valence-electron chi connectivity index (χ4n) is 2.26. The van der Waals surface area contributed by atoms with Gasteiger partial charge in [0.1, 0.15) is 5.75 Å². The topological polar surface area (TPSA) is 60.2 Å². The summed E-state index contributed by atoms with van der Waals surface area (Å²) in [6.07, 6.45) is 0. The molecule has 0 fully saturated rings. The second kappa shape index (κ2) is 6.96. The number of aryl methyl sites for hydroxylation is 1. The standard InChI is InChI=1S/C18H19N3O2/c1-3-22-15-10-8-14(9-11-15)19-12-17-20-21-18(23-17)16-7-5-4-6-13(16)2/h4-11,19H,3,12H2,1-2H3.